The first kappa shape index (κ1) is 20.5. The normalized spacial score (nSPS) is 28.4. The number of ketones is 1. The van der Waals surface area contributed by atoms with E-state index in [0.29, 0.717) is 25.2 Å². The van der Waals surface area contributed by atoms with Gasteiger partial charge in [0.2, 0.25) is 0 Å². The van der Waals surface area contributed by atoms with Crippen molar-refractivity contribution < 1.29 is 33.6 Å². The summed E-state index contributed by atoms with van der Waals surface area (Å²) in [5.41, 5.74) is 3.64. The monoisotopic (exact) mass is 426 g/mol. The lowest BCUT2D eigenvalue weighted by Gasteiger charge is -2.22. The van der Waals surface area contributed by atoms with Crippen molar-refractivity contribution in [2.24, 2.45) is 0 Å². The molecule has 164 valence electrons. The first-order chi connectivity index (χ1) is 14.8. The second-order valence-corrected chi connectivity index (χ2v) is 8.68. The third-order valence-corrected chi connectivity index (χ3v) is 5.91. The molecule has 0 saturated carbocycles. The molecule has 1 N–H and O–H groups in total. The zero-order chi connectivity index (χ0) is 21.8. The summed E-state index contributed by atoms with van der Waals surface area (Å²) in [7, 11) is 0. The maximum absolute atomic E-state index is 13.1. The lowest BCUT2D eigenvalue weighted by atomic mass is 9.94. The van der Waals surface area contributed by atoms with Gasteiger partial charge in [-0.3, -0.25) is 4.79 Å². The zero-order valence-corrected chi connectivity index (χ0v) is 17.8. The summed E-state index contributed by atoms with van der Waals surface area (Å²) < 4.78 is 28.3. The van der Waals surface area contributed by atoms with Crippen molar-refractivity contribution in [3.05, 3.63) is 58.7 Å². The molecule has 3 aliphatic heterocycles. The molecule has 7 heteroatoms. The number of fused-ring (bicyclic) bond motifs is 2. The lowest BCUT2D eigenvalue weighted by Crippen LogP contribution is -2.38. The molecule has 0 aromatic heterocycles. The molecule has 5 rings (SSSR count). The minimum atomic E-state index is -1.08. The van der Waals surface area contributed by atoms with Crippen LogP contribution >= 0.6 is 0 Å². The van der Waals surface area contributed by atoms with E-state index in [-0.39, 0.29) is 5.78 Å². The molecule has 7 nitrogen and oxygen atoms in total. The second kappa shape index (κ2) is 7.60. The summed E-state index contributed by atoms with van der Waals surface area (Å²) >= 11 is 0. The van der Waals surface area contributed by atoms with Gasteiger partial charge in [-0.25, -0.2) is 0 Å². The number of benzene rings is 2. The van der Waals surface area contributed by atoms with Crippen molar-refractivity contribution in [2.45, 2.75) is 57.6 Å². The van der Waals surface area contributed by atoms with Crippen LogP contribution in [0.15, 0.2) is 36.4 Å². The summed E-state index contributed by atoms with van der Waals surface area (Å²) in [6, 6.07) is 11.4. The van der Waals surface area contributed by atoms with Crippen LogP contribution in [-0.2, 0) is 20.6 Å². The van der Waals surface area contributed by atoms with E-state index in [2.05, 4.69) is 0 Å². The predicted octanol–water partition coefficient (Wildman–Crippen LogP) is 2.78. The van der Waals surface area contributed by atoms with Crippen LogP contribution < -0.4 is 9.47 Å². The molecule has 0 bridgehead atoms. The van der Waals surface area contributed by atoms with Crippen molar-refractivity contribution in [3.8, 4) is 11.5 Å². The quantitative estimate of drug-likeness (QED) is 0.753. The Kier molecular flexibility index (Phi) is 5.01. The molecular formula is C24H26O7. The van der Waals surface area contributed by atoms with Crippen molar-refractivity contribution in [1.29, 1.82) is 0 Å². The summed E-state index contributed by atoms with van der Waals surface area (Å²) in [4.78, 5) is 13.1. The second-order valence-electron chi connectivity index (χ2n) is 8.68. The topological polar surface area (TPSA) is 83.5 Å². The van der Waals surface area contributed by atoms with Crippen LogP contribution in [0.4, 0.5) is 0 Å². The SMILES string of the molecule is Cc1ccc(C(=O)[C@H]2O[C@@H]3OC(C)(C)O[C@@H]3[C@H]2O)cc1Cc1ccc2c(c1)OCCO2. The maximum atomic E-state index is 13.1. The number of carbonyl (C=O) groups is 1. The van der Waals surface area contributed by atoms with Gasteiger partial charge in [-0.2, -0.15) is 0 Å². The number of Topliss-reactive ketones (excluding diaryl/α,β-unsaturated/α-hetero) is 1. The molecule has 4 atom stereocenters. The van der Waals surface area contributed by atoms with Gasteiger partial charge in [0, 0.05) is 5.56 Å². The Morgan fingerprint density at radius 2 is 1.84 bits per heavy atom. The molecule has 0 aliphatic carbocycles. The smallest absolute Gasteiger partial charge is 0.194 e. The van der Waals surface area contributed by atoms with E-state index in [1.807, 2.05) is 37.3 Å². The molecule has 3 heterocycles. The Balaban J connectivity index is 1.35. The summed E-state index contributed by atoms with van der Waals surface area (Å²) in [6.45, 7) is 6.61. The average Bonchev–Trinajstić information content (AvgIpc) is 3.21. The molecule has 2 aromatic carbocycles. The molecule has 0 unspecified atom stereocenters. The van der Waals surface area contributed by atoms with E-state index in [1.165, 1.54) is 0 Å². The fourth-order valence-corrected chi connectivity index (χ4v) is 4.31. The number of aliphatic hydroxyl groups excluding tert-OH is 1. The number of ether oxygens (including phenoxy) is 5. The fourth-order valence-electron chi connectivity index (χ4n) is 4.31. The zero-order valence-electron chi connectivity index (χ0n) is 17.8. The van der Waals surface area contributed by atoms with Crippen LogP contribution in [0.25, 0.3) is 0 Å². The van der Waals surface area contributed by atoms with Gasteiger partial charge in [-0.15, -0.1) is 0 Å². The Hall–Kier alpha value is -2.45. The summed E-state index contributed by atoms with van der Waals surface area (Å²) in [5, 5.41) is 10.6. The van der Waals surface area contributed by atoms with Crippen LogP contribution in [0.2, 0.25) is 0 Å². The van der Waals surface area contributed by atoms with Crippen molar-refractivity contribution in [3.63, 3.8) is 0 Å². The van der Waals surface area contributed by atoms with Gasteiger partial charge in [0.1, 0.15) is 25.4 Å². The highest BCUT2D eigenvalue weighted by Gasteiger charge is 2.56. The van der Waals surface area contributed by atoms with E-state index in [0.717, 1.165) is 28.2 Å². The summed E-state index contributed by atoms with van der Waals surface area (Å²) in [6.07, 6.45) is -2.88. The van der Waals surface area contributed by atoms with Gasteiger partial charge < -0.3 is 28.8 Å². The number of aryl methyl sites for hydroxylation is 1. The molecule has 31 heavy (non-hydrogen) atoms. The van der Waals surface area contributed by atoms with Crippen molar-refractivity contribution in [2.75, 3.05) is 13.2 Å². The van der Waals surface area contributed by atoms with Gasteiger partial charge in [-0.1, -0.05) is 18.2 Å². The Morgan fingerprint density at radius 3 is 2.61 bits per heavy atom. The third kappa shape index (κ3) is 3.83. The van der Waals surface area contributed by atoms with Crippen molar-refractivity contribution >= 4 is 5.78 Å². The van der Waals surface area contributed by atoms with Crippen LogP contribution in [-0.4, -0.2) is 54.5 Å². The molecular weight excluding hydrogens is 400 g/mol. The van der Waals surface area contributed by atoms with Gasteiger partial charge >= 0.3 is 0 Å². The van der Waals surface area contributed by atoms with E-state index < -0.39 is 30.4 Å². The Morgan fingerprint density at radius 1 is 1.06 bits per heavy atom. The van der Waals surface area contributed by atoms with E-state index >= 15 is 0 Å². The standard InChI is InChI=1S/C24H26O7/c1-13-4-6-15(19(25)21-20(26)22-23(29-21)31-24(2,3)30-22)12-16(13)10-14-5-7-17-18(11-14)28-9-8-27-17/h4-7,11-12,20-23,26H,8-10H2,1-3H3/t20-,21+,22+,23+/m0/s1. The number of hydrogen-bond donors (Lipinski definition) is 1. The Labute approximate surface area is 180 Å². The molecule has 0 radical (unpaired) electrons. The molecule has 0 spiro atoms. The van der Waals surface area contributed by atoms with Crippen LogP contribution in [0.1, 0.15) is 40.9 Å². The van der Waals surface area contributed by atoms with Gasteiger partial charge in [-0.05, 0) is 62.1 Å². The number of hydrogen-bond acceptors (Lipinski definition) is 7. The first-order valence-electron chi connectivity index (χ1n) is 10.5. The molecule has 0 amide bonds. The molecule has 3 aliphatic rings. The molecule has 2 aromatic rings. The first-order valence-corrected chi connectivity index (χ1v) is 10.5. The Bertz CT molecular complexity index is 1010. The molecule has 2 saturated heterocycles. The molecule has 2 fully saturated rings. The van der Waals surface area contributed by atoms with Crippen LogP contribution in [0.3, 0.4) is 0 Å². The van der Waals surface area contributed by atoms with Crippen LogP contribution in [0.5, 0.6) is 11.5 Å². The van der Waals surface area contributed by atoms with Gasteiger partial charge in [0.05, 0.1) is 0 Å². The minimum Gasteiger partial charge on any atom is -0.486 e. The number of carbonyl (C=O) groups excluding carboxylic acids is 1. The fraction of sp³-hybridized carbons (Fsp3) is 0.458. The van der Waals surface area contributed by atoms with Crippen LogP contribution in [0, 0.1) is 6.92 Å². The van der Waals surface area contributed by atoms with E-state index in [4.69, 9.17) is 23.7 Å². The average molecular weight is 426 g/mol. The van der Waals surface area contributed by atoms with Gasteiger partial charge in [0.25, 0.3) is 0 Å². The number of aliphatic hydroxyl groups is 1. The lowest BCUT2D eigenvalue weighted by molar-refractivity contribution is -0.208. The van der Waals surface area contributed by atoms with Gasteiger partial charge in [0.15, 0.2) is 35.5 Å². The number of rotatable bonds is 4. The van der Waals surface area contributed by atoms with Crippen molar-refractivity contribution in [1.82, 2.24) is 0 Å². The third-order valence-electron chi connectivity index (χ3n) is 5.91. The highest BCUT2D eigenvalue weighted by Crippen LogP contribution is 2.38. The highest BCUT2D eigenvalue weighted by atomic mass is 16.8. The van der Waals surface area contributed by atoms with E-state index in [9.17, 15) is 9.90 Å². The predicted molar refractivity (Wildman–Crippen MR) is 110 cm³/mol. The summed E-state index contributed by atoms with van der Waals surface area (Å²) in [5.74, 6) is 0.368. The largest absolute Gasteiger partial charge is 0.486 e. The van der Waals surface area contributed by atoms with E-state index in [1.54, 1.807) is 19.9 Å². The maximum Gasteiger partial charge on any atom is 0.194 e. The highest BCUT2D eigenvalue weighted by molar-refractivity contribution is 6.00. The minimum absolute atomic E-state index is 0.282.